The van der Waals surface area contributed by atoms with E-state index in [1.165, 1.54) is 10.4 Å². The van der Waals surface area contributed by atoms with Crippen LogP contribution >= 0.6 is 11.6 Å². The minimum Gasteiger partial charge on any atom is -0.478 e. The first-order valence-electron chi connectivity index (χ1n) is 8.39. The van der Waals surface area contributed by atoms with Gasteiger partial charge in [0.05, 0.1) is 11.5 Å². The number of nitrogens with zero attached hydrogens (tertiary/aromatic N) is 4. The Labute approximate surface area is 158 Å². The Morgan fingerprint density at radius 3 is 2.54 bits per heavy atom. The number of benzene rings is 1. The summed E-state index contributed by atoms with van der Waals surface area (Å²) in [5, 5.41) is 0.407. The number of anilines is 1. The molecule has 0 radical (unpaired) electrons. The molecule has 2 aromatic rings. The number of aryl methyl sites for hydroxylation is 1. The monoisotopic (exact) mass is 396 g/mol. The molecule has 0 atom stereocenters. The third-order valence-electron chi connectivity index (χ3n) is 4.09. The molecule has 1 aromatic carbocycles. The lowest BCUT2D eigenvalue weighted by atomic mass is 10.3. The van der Waals surface area contributed by atoms with E-state index in [-0.39, 0.29) is 4.90 Å². The fraction of sp³-hybridized carbons (Fsp3) is 0.412. The van der Waals surface area contributed by atoms with Crippen LogP contribution in [0.5, 0.6) is 5.88 Å². The maximum absolute atomic E-state index is 12.8. The molecular formula is C17H21ClN4O3S. The van der Waals surface area contributed by atoms with Crippen LogP contribution in [0.1, 0.15) is 12.7 Å². The lowest BCUT2D eigenvalue weighted by molar-refractivity contribution is 0.325. The molecule has 0 bridgehead atoms. The maximum Gasteiger partial charge on any atom is 0.243 e. The van der Waals surface area contributed by atoms with E-state index in [1.54, 1.807) is 24.3 Å². The van der Waals surface area contributed by atoms with Crippen LogP contribution in [0.15, 0.2) is 35.2 Å². The summed E-state index contributed by atoms with van der Waals surface area (Å²) in [5.74, 6) is 1.91. The average molecular weight is 397 g/mol. The second kappa shape index (κ2) is 7.77. The summed E-state index contributed by atoms with van der Waals surface area (Å²) in [7, 11) is -3.55. The van der Waals surface area contributed by atoms with E-state index in [2.05, 4.69) is 9.97 Å². The number of rotatable bonds is 5. The zero-order chi connectivity index (χ0) is 18.7. The number of hydrogen-bond donors (Lipinski definition) is 0. The zero-order valence-electron chi connectivity index (χ0n) is 14.7. The predicted molar refractivity (Wildman–Crippen MR) is 100 cm³/mol. The molecule has 0 N–H and O–H groups in total. The maximum atomic E-state index is 12.8. The molecule has 0 saturated carbocycles. The van der Waals surface area contributed by atoms with Gasteiger partial charge in [0.15, 0.2) is 0 Å². The van der Waals surface area contributed by atoms with Crippen LogP contribution in [0.4, 0.5) is 5.82 Å². The topological polar surface area (TPSA) is 75.6 Å². The molecule has 1 aliphatic heterocycles. The predicted octanol–water partition coefficient (Wildman–Crippen LogP) is 2.35. The SMILES string of the molecule is CCOc1cc(N2CCN(S(=O)(=O)c3cccc(Cl)c3)CC2)nc(C)n1. The van der Waals surface area contributed by atoms with Crippen LogP contribution in [0.2, 0.25) is 5.02 Å². The molecule has 1 saturated heterocycles. The van der Waals surface area contributed by atoms with Gasteiger partial charge in [0.1, 0.15) is 11.6 Å². The molecule has 7 nitrogen and oxygen atoms in total. The number of piperazine rings is 1. The van der Waals surface area contributed by atoms with Crippen LogP contribution in [0.3, 0.4) is 0 Å². The number of sulfonamides is 1. The van der Waals surface area contributed by atoms with Gasteiger partial charge >= 0.3 is 0 Å². The number of halogens is 1. The van der Waals surface area contributed by atoms with E-state index < -0.39 is 10.0 Å². The van der Waals surface area contributed by atoms with Crippen molar-refractivity contribution in [3.63, 3.8) is 0 Å². The van der Waals surface area contributed by atoms with E-state index in [1.807, 2.05) is 18.7 Å². The van der Waals surface area contributed by atoms with Crippen molar-refractivity contribution in [3.05, 3.63) is 41.2 Å². The van der Waals surface area contributed by atoms with Gasteiger partial charge in [0.25, 0.3) is 0 Å². The van der Waals surface area contributed by atoms with Crippen molar-refractivity contribution < 1.29 is 13.2 Å². The van der Waals surface area contributed by atoms with E-state index >= 15 is 0 Å². The highest BCUT2D eigenvalue weighted by Gasteiger charge is 2.29. The van der Waals surface area contributed by atoms with E-state index in [0.717, 1.165) is 5.82 Å². The largest absolute Gasteiger partial charge is 0.478 e. The van der Waals surface area contributed by atoms with Crippen molar-refractivity contribution >= 4 is 27.4 Å². The fourth-order valence-electron chi connectivity index (χ4n) is 2.84. The molecule has 3 rings (SSSR count). The third-order valence-corrected chi connectivity index (χ3v) is 6.22. The lowest BCUT2D eigenvalue weighted by Crippen LogP contribution is -2.49. The van der Waals surface area contributed by atoms with Crippen LogP contribution in [-0.4, -0.2) is 55.5 Å². The van der Waals surface area contributed by atoms with Crippen molar-refractivity contribution in [2.45, 2.75) is 18.7 Å². The Bertz CT molecular complexity index is 883. The smallest absolute Gasteiger partial charge is 0.243 e. The van der Waals surface area contributed by atoms with Gasteiger partial charge in [-0.25, -0.2) is 13.4 Å². The molecule has 0 spiro atoms. The summed E-state index contributed by atoms with van der Waals surface area (Å²) in [5.41, 5.74) is 0. The summed E-state index contributed by atoms with van der Waals surface area (Å²) in [4.78, 5) is 10.9. The molecule has 0 aliphatic carbocycles. The summed E-state index contributed by atoms with van der Waals surface area (Å²) >= 11 is 5.93. The van der Waals surface area contributed by atoms with Crippen LogP contribution in [0, 0.1) is 6.92 Å². The second-order valence-corrected chi connectivity index (χ2v) is 8.27. The van der Waals surface area contributed by atoms with Crippen molar-refractivity contribution in [1.82, 2.24) is 14.3 Å². The Hall–Kier alpha value is -1.90. The molecular weight excluding hydrogens is 376 g/mol. The van der Waals surface area contributed by atoms with Gasteiger partial charge < -0.3 is 9.64 Å². The van der Waals surface area contributed by atoms with Crippen molar-refractivity contribution in [1.29, 1.82) is 0 Å². The molecule has 1 aliphatic rings. The molecule has 1 fully saturated rings. The van der Waals surface area contributed by atoms with Gasteiger partial charge in [-0.2, -0.15) is 9.29 Å². The molecule has 2 heterocycles. The van der Waals surface area contributed by atoms with Gasteiger partial charge in [-0.1, -0.05) is 17.7 Å². The fourth-order valence-corrected chi connectivity index (χ4v) is 4.57. The summed E-state index contributed by atoms with van der Waals surface area (Å²) < 4.78 is 32.5. The first-order chi connectivity index (χ1) is 12.4. The summed E-state index contributed by atoms with van der Waals surface area (Å²) in [6.45, 7) is 6.08. The quantitative estimate of drug-likeness (QED) is 0.772. The Balaban J connectivity index is 1.73. The molecule has 26 heavy (non-hydrogen) atoms. The first kappa shape index (κ1) is 18.9. The number of ether oxygens (including phenoxy) is 1. The number of aromatic nitrogens is 2. The van der Waals surface area contributed by atoms with Crippen molar-refractivity contribution in [2.75, 3.05) is 37.7 Å². The standard InChI is InChI=1S/C17H21ClN4O3S/c1-3-25-17-12-16(19-13(2)20-17)21-7-9-22(10-8-21)26(23,24)15-6-4-5-14(18)11-15/h4-6,11-12H,3,7-10H2,1-2H3. The zero-order valence-corrected chi connectivity index (χ0v) is 16.3. The van der Waals surface area contributed by atoms with Crippen molar-refractivity contribution in [3.8, 4) is 5.88 Å². The molecule has 9 heteroatoms. The lowest BCUT2D eigenvalue weighted by Gasteiger charge is -2.34. The van der Waals surface area contributed by atoms with E-state index in [4.69, 9.17) is 16.3 Å². The highest BCUT2D eigenvalue weighted by Crippen LogP contribution is 2.23. The first-order valence-corrected chi connectivity index (χ1v) is 10.2. The van der Waals surface area contributed by atoms with Crippen LogP contribution < -0.4 is 9.64 Å². The highest BCUT2D eigenvalue weighted by molar-refractivity contribution is 7.89. The van der Waals surface area contributed by atoms with Gasteiger partial charge in [0, 0.05) is 37.3 Å². The normalized spacial score (nSPS) is 15.9. The second-order valence-electron chi connectivity index (χ2n) is 5.89. The number of hydrogen-bond acceptors (Lipinski definition) is 6. The van der Waals surface area contributed by atoms with Gasteiger partial charge in [-0.05, 0) is 32.0 Å². The Kier molecular flexibility index (Phi) is 5.64. The van der Waals surface area contributed by atoms with Gasteiger partial charge in [0.2, 0.25) is 15.9 Å². The molecule has 0 amide bonds. The third kappa shape index (κ3) is 4.08. The van der Waals surface area contributed by atoms with Crippen molar-refractivity contribution in [2.24, 2.45) is 0 Å². The molecule has 0 unspecified atom stereocenters. The Morgan fingerprint density at radius 1 is 1.15 bits per heavy atom. The average Bonchev–Trinajstić information content (AvgIpc) is 2.61. The summed E-state index contributed by atoms with van der Waals surface area (Å²) in [6, 6.07) is 8.13. The van der Waals surface area contributed by atoms with Gasteiger partial charge in [-0.15, -0.1) is 0 Å². The summed E-state index contributed by atoms with van der Waals surface area (Å²) in [6.07, 6.45) is 0. The van der Waals surface area contributed by atoms with E-state index in [9.17, 15) is 8.42 Å². The minimum atomic E-state index is -3.55. The van der Waals surface area contributed by atoms with Gasteiger partial charge in [-0.3, -0.25) is 0 Å². The molecule has 140 valence electrons. The minimum absolute atomic E-state index is 0.218. The van der Waals surface area contributed by atoms with E-state index in [0.29, 0.717) is 49.5 Å². The van der Waals surface area contributed by atoms with Crippen LogP contribution in [0.25, 0.3) is 0 Å². The highest BCUT2D eigenvalue weighted by atomic mass is 35.5. The van der Waals surface area contributed by atoms with Crippen LogP contribution in [-0.2, 0) is 10.0 Å². The molecule has 1 aromatic heterocycles. The Morgan fingerprint density at radius 2 is 1.88 bits per heavy atom.